The van der Waals surface area contributed by atoms with Crippen LogP contribution in [0, 0.1) is 0 Å². The standard InChI is InChI=1S/C26H18Cl2N2O4S/c1-2-34-18-11-12-19-20(13-18)35-26(29-19)30-22(14-3-7-16(27)8-4-14)21(24(32)25(30)33)23(31)15-5-9-17(28)10-6-15/h3-13,22,31H,2H2,1H3/b23-21+/t22-/m0/s1. The van der Waals surface area contributed by atoms with Crippen molar-refractivity contribution in [1.82, 2.24) is 4.98 Å². The highest BCUT2D eigenvalue weighted by Gasteiger charge is 2.48. The van der Waals surface area contributed by atoms with Gasteiger partial charge in [-0.3, -0.25) is 14.5 Å². The fraction of sp³-hybridized carbons (Fsp3) is 0.115. The minimum absolute atomic E-state index is 0.0334. The van der Waals surface area contributed by atoms with E-state index >= 15 is 0 Å². The van der Waals surface area contributed by atoms with Crippen molar-refractivity contribution in [3.8, 4) is 5.75 Å². The van der Waals surface area contributed by atoms with E-state index in [1.54, 1.807) is 54.6 Å². The molecule has 1 fully saturated rings. The van der Waals surface area contributed by atoms with Gasteiger partial charge in [0.25, 0.3) is 5.78 Å². The number of rotatable bonds is 5. The summed E-state index contributed by atoms with van der Waals surface area (Å²) in [5, 5.41) is 12.5. The molecule has 1 N–H and O–H groups in total. The maximum absolute atomic E-state index is 13.3. The van der Waals surface area contributed by atoms with Gasteiger partial charge in [0.05, 0.1) is 28.4 Å². The number of nitrogens with zero attached hydrogens (tertiary/aromatic N) is 2. The maximum Gasteiger partial charge on any atom is 0.301 e. The first-order chi connectivity index (χ1) is 16.9. The van der Waals surface area contributed by atoms with E-state index in [0.29, 0.717) is 44.2 Å². The Bertz CT molecular complexity index is 1480. The molecule has 3 aromatic carbocycles. The molecular formula is C26H18Cl2N2O4S. The number of aliphatic hydroxyl groups is 1. The number of hydrogen-bond donors (Lipinski definition) is 1. The van der Waals surface area contributed by atoms with Gasteiger partial charge in [0.15, 0.2) is 5.13 Å². The number of halogens is 2. The minimum atomic E-state index is -0.894. The fourth-order valence-electron chi connectivity index (χ4n) is 4.01. The molecule has 0 aliphatic carbocycles. The minimum Gasteiger partial charge on any atom is -0.507 e. The Morgan fingerprint density at radius 3 is 2.34 bits per heavy atom. The monoisotopic (exact) mass is 524 g/mol. The van der Waals surface area contributed by atoms with Crippen LogP contribution in [0.1, 0.15) is 24.1 Å². The number of aromatic nitrogens is 1. The molecule has 4 aromatic rings. The molecule has 1 saturated heterocycles. The van der Waals surface area contributed by atoms with Gasteiger partial charge in [-0.05, 0) is 67.1 Å². The number of hydrogen-bond acceptors (Lipinski definition) is 6. The average molecular weight is 525 g/mol. The molecule has 0 radical (unpaired) electrons. The molecule has 1 atom stereocenters. The molecule has 35 heavy (non-hydrogen) atoms. The molecule has 0 spiro atoms. The topological polar surface area (TPSA) is 79.7 Å². The predicted molar refractivity (Wildman–Crippen MR) is 138 cm³/mol. The number of ether oxygens (including phenoxy) is 1. The number of carbonyl (C=O) groups excluding carboxylic acids is 2. The summed E-state index contributed by atoms with van der Waals surface area (Å²) in [5.41, 5.74) is 1.62. The Balaban J connectivity index is 1.69. The number of thiazole rings is 1. The van der Waals surface area contributed by atoms with E-state index in [9.17, 15) is 14.7 Å². The van der Waals surface area contributed by atoms with Gasteiger partial charge >= 0.3 is 5.91 Å². The van der Waals surface area contributed by atoms with Gasteiger partial charge in [0, 0.05) is 15.6 Å². The summed E-state index contributed by atoms with van der Waals surface area (Å²) in [6.45, 7) is 2.42. The lowest BCUT2D eigenvalue weighted by molar-refractivity contribution is -0.132. The van der Waals surface area contributed by atoms with Gasteiger partial charge in [0.2, 0.25) is 0 Å². The molecule has 9 heteroatoms. The summed E-state index contributed by atoms with van der Waals surface area (Å²) in [6, 6.07) is 17.8. The second-order valence-corrected chi connectivity index (χ2v) is 9.67. The van der Waals surface area contributed by atoms with E-state index in [1.807, 2.05) is 19.1 Å². The zero-order valence-electron chi connectivity index (χ0n) is 18.4. The van der Waals surface area contributed by atoms with Gasteiger partial charge in [-0.25, -0.2) is 4.98 Å². The van der Waals surface area contributed by atoms with Crippen molar-refractivity contribution in [1.29, 1.82) is 0 Å². The third-order valence-electron chi connectivity index (χ3n) is 5.61. The Labute approximate surface area is 215 Å². The molecule has 6 nitrogen and oxygen atoms in total. The Morgan fingerprint density at radius 2 is 1.69 bits per heavy atom. The van der Waals surface area contributed by atoms with Gasteiger partial charge in [-0.15, -0.1) is 0 Å². The van der Waals surface area contributed by atoms with Crippen molar-refractivity contribution >= 4 is 67.3 Å². The van der Waals surface area contributed by atoms with Crippen LogP contribution in [0.15, 0.2) is 72.3 Å². The zero-order valence-corrected chi connectivity index (χ0v) is 20.7. The van der Waals surface area contributed by atoms with Crippen molar-refractivity contribution in [3.05, 3.63) is 93.5 Å². The molecule has 1 aromatic heterocycles. The van der Waals surface area contributed by atoms with Gasteiger partial charge in [-0.1, -0.05) is 46.7 Å². The van der Waals surface area contributed by atoms with Crippen molar-refractivity contribution in [3.63, 3.8) is 0 Å². The molecule has 1 aliphatic rings. The summed E-state index contributed by atoms with van der Waals surface area (Å²) >= 11 is 13.3. The van der Waals surface area contributed by atoms with Crippen LogP contribution in [-0.4, -0.2) is 28.4 Å². The lowest BCUT2D eigenvalue weighted by Crippen LogP contribution is -2.29. The summed E-state index contributed by atoms with van der Waals surface area (Å²) < 4.78 is 6.38. The van der Waals surface area contributed by atoms with E-state index in [1.165, 1.54) is 16.2 Å². The predicted octanol–water partition coefficient (Wildman–Crippen LogP) is 6.63. The zero-order chi connectivity index (χ0) is 24.7. The highest BCUT2D eigenvalue weighted by Crippen LogP contribution is 2.44. The maximum atomic E-state index is 13.3. The number of carbonyl (C=O) groups is 2. The lowest BCUT2D eigenvalue weighted by Gasteiger charge is -2.23. The van der Waals surface area contributed by atoms with Gasteiger partial charge in [0.1, 0.15) is 11.5 Å². The quantitative estimate of drug-likeness (QED) is 0.180. The molecule has 0 bridgehead atoms. The molecule has 0 unspecified atom stereocenters. The molecule has 0 saturated carbocycles. The first-order valence-electron chi connectivity index (χ1n) is 10.7. The molecule has 1 amide bonds. The molecule has 5 rings (SSSR count). The number of Topliss-reactive ketones (excluding diaryl/α,β-unsaturated/α-hetero) is 1. The van der Waals surface area contributed by atoms with E-state index in [0.717, 1.165) is 4.70 Å². The third kappa shape index (κ3) is 4.27. The van der Waals surface area contributed by atoms with Crippen LogP contribution in [0.5, 0.6) is 5.75 Å². The summed E-state index contributed by atoms with van der Waals surface area (Å²) in [4.78, 5) is 32.6. The van der Waals surface area contributed by atoms with Crippen LogP contribution < -0.4 is 9.64 Å². The highest BCUT2D eigenvalue weighted by atomic mass is 35.5. The molecule has 1 aliphatic heterocycles. The van der Waals surface area contributed by atoms with Crippen LogP contribution in [0.3, 0.4) is 0 Å². The first-order valence-corrected chi connectivity index (χ1v) is 12.3. The molecule has 2 heterocycles. The van der Waals surface area contributed by atoms with Crippen LogP contribution in [0.4, 0.5) is 5.13 Å². The van der Waals surface area contributed by atoms with E-state index in [-0.39, 0.29) is 11.3 Å². The average Bonchev–Trinajstić information content (AvgIpc) is 3.38. The number of ketones is 1. The fourth-order valence-corrected chi connectivity index (χ4v) is 5.28. The number of fused-ring (bicyclic) bond motifs is 1. The van der Waals surface area contributed by atoms with Gasteiger partial charge in [-0.2, -0.15) is 0 Å². The van der Waals surface area contributed by atoms with Gasteiger partial charge < -0.3 is 9.84 Å². The van der Waals surface area contributed by atoms with Crippen molar-refractivity contribution in [2.24, 2.45) is 0 Å². The first kappa shape index (κ1) is 23.4. The van der Waals surface area contributed by atoms with Crippen LogP contribution in [0.2, 0.25) is 10.0 Å². The van der Waals surface area contributed by atoms with E-state index in [4.69, 9.17) is 27.9 Å². The second kappa shape index (κ2) is 9.34. The largest absolute Gasteiger partial charge is 0.507 e. The van der Waals surface area contributed by atoms with E-state index in [2.05, 4.69) is 4.98 Å². The summed E-state index contributed by atoms with van der Waals surface area (Å²) in [7, 11) is 0. The number of aliphatic hydroxyl groups excluding tert-OH is 1. The smallest absolute Gasteiger partial charge is 0.301 e. The SMILES string of the molecule is CCOc1ccc2nc(N3C(=O)C(=O)/C(=C(/O)c4ccc(Cl)cc4)[C@@H]3c3ccc(Cl)cc3)sc2c1. The Hall–Kier alpha value is -3.39. The number of amides is 1. The Kier molecular flexibility index (Phi) is 6.23. The normalized spacial score (nSPS) is 17.3. The van der Waals surface area contributed by atoms with Crippen LogP contribution in [0.25, 0.3) is 16.0 Å². The summed E-state index contributed by atoms with van der Waals surface area (Å²) in [6.07, 6.45) is 0. The van der Waals surface area contributed by atoms with Crippen LogP contribution in [-0.2, 0) is 9.59 Å². The van der Waals surface area contributed by atoms with Crippen molar-refractivity contribution in [2.75, 3.05) is 11.5 Å². The molecular weight excluding hydrogens is 507 g/mol. The summed E-state index contributed by atoms with van der Waals surface area (Å²) in [5.74, 6) is -1.17. The number of benzene rings is 3. The van der Waals surface area contributed by atoms with Crippen molar-refractivity contribution in [2.45, 2.75) is 13.0 Å². The third-order valence-corrected chi connectivity index (χ3v) is 7.13. The number of anilines is 1. The second-order valence-electron chi connectivity index (χ2n) is 7.79. The highest BCUT2D eigenvalue weighted by molar-refractivity contribution is 7.22. The lowest BCUT2D eigenvalue weighted by atomic mass is 9.95. The molecule has 176 valence electrons. The van der Waals surface area contributed by atoms with Crippen molar-refractivity contribution < 1.29 is 19.4 Å². The van der Waals surface area contributed by atoms with Crippen LogP contribution >= 0.6 is 34.5 Å². The van der Waals surface area contributed by atoms with E-state index < -0.39 is 17.7 Å². The Morgan fingerprint density at radius 1 is 1.03 bits per heavy atom.